The van der Waals surface area contributed by atoms with Crippen molar-refractivity contribution in [1.29, 1.82) is 0 Å². The van der Waals surface area contributed by atoms with E-state index in [-0.39, 0.29) is 0 Å². The Morgan fingerprint density at radius 3 is 2.26 bits per heavy atom. The van der Waals surface area contributed by atoms with Gasteiger partial charge in [0, 0.05) is 12.2 Å². The van der Waals surface area contributed by atoms with E-state index < -0.39 is 11.7 Å². The monoisotopic (exact) mass is 263 g/mol. The Bertz CT molecular complexity index is 600. The van der Waals surface area contributed by atoms with Crippen LogP contribution in [-0.2, 0) is 12.6 Å². The molecule has 0 fully saturated rings. The number of anilines is 1. The Labute approximate surface area is 109 Å². The fourth-order valence-electron chi connectivity index (χ4n) is 2.32. The molecule has 1 nitrogen and oxygen atoms in total. The second-order valence-corrected chi connectivity index (χ2v) is 4.62. The quantitative estimate of drug-likeness (QED) is 0.807. The number of halogens is 3. The lowest BCUT2D eigenvalue weighted by atomic mass is 10.0. The van der Waals surface area contributed by atoms with Crippen LogP contribution >= 0.6 is 0 Å². The third kappa shape index (κ3) is 2.30. The summed E-state index contributed by atoms with van der Waals surface area (Å²) in [6.07, 6.45) is -3.28. The van der Waals surface area contributed by atoms with Crippen LogP contribution in [-0.4, -0.2) is 6.54 Å². The van der Waals surface area contributed by atoms with Gasteiger partial charge in [0.15, 0.2) is 0 Å². The second-order valence-electron chi connectivity index (χ2n) is 4.62. The summed E-state index contributed by atoms with van der Waals surface area (Å²) in [5, 5.41) is 3.27. The molecule has 4 heteroatoms. The van der Waals surface area contributed by atoms with Crippen molar-refractivity contribution in [2.75, 3.05) is 11.9 Å². The van der Waals surface area contributed by atoms with Gasteiger partial charge in [0.25, 0.3) is 0 Å². The van der Waals surface area contributed by atoms with Gasteiger partial charge in [-0.3, -0.25) is 0 Å². The van der Waals surface area contributed by atoms with Crippen LogP contribution in [0.5, 0.6) is 0 Å². The molecule has 0 aromatic heterocycles. The molecular weight excluding hydrogens is 251 g/mol. The minimum atomic E-state index is -4.28. The van der Waals surface area contributed by atoms with Gasteiger partial charge in [-0.25, -0.2) is 0 Å². The van der Waals surface area contributed by atoms with E-state index in [1.54, 1.807) is 0 Å². The molecule has 1 N–H and O–H groups in total. The van der Waals surface area contributed by atoms with Crippen LogP contribution in [0, 0.1) is 0 Å². The summed E-state index contributed by atoms with van der Waals surface area (Å²) in [6.45, 7) is 0.922. The average molecular weight is 263 g/mol. The lowest BCUT2D eigenvalue weighted by Crippen LogP contribution is -2.03. The van der Waals surface area contributed by atoms with Crippen LogP contribution in [0.15, 0.2) is 42.5 Å². The van der Waals surface area contributed by atoms with Gasteiger partial charge in [0.1, 0.15) is 0 Å². The van der Waals surface area contributed by atoms with Gasteiger partial charge in [-0.1, -0.05) is 24.3 Å². The maximum Gasteiger partial charge on any atom is 0.416 e. The van der Waals surface area contributed by atoms with Gasteiger partial charge < -0.3 is 5.32 Å². The zero-order valence-electron chi connectivity index (χ0n) is 10.1. The average Bonchev–Trinajstić information content (AvgIpc) is 2.85. The van der Waals surface area contributed by atoms with Gasteiger partial charge in [-0.15, -0.1) is 0 Å². The standard InChI is InChI=1S/C15H12F3N/c16-15(17,18)13-5-3-10(4-6-13)12-2-1-11-7-8-19-14(11)9-12/h1-6,9,19H,7-8H2. The molecule has 0 unspecified atom stereocenters. The van der Waals surface area contributed by atoms with Crippen LogP contribution < -0.4 is 5.32 Å². The van der Waals surface area contributed by atoms with E-state index in [0.717, 1.165) is 41.9 Å². The summed E-state index contributed by atoms with van der Waals surface area (Å²) in [5.74, 6) is 0. The van der Waals surface area contributed by atoms with Crippen molar-refractivity contribution in [1.82, 2.24) is 0 Å². The highest BCUT2D eigenvalue weighted by molar-refractivity contribution is 5.71. The molecular formula is C15H12F3N. The first-order valence-electron chi connectivity index (χ1n) is 6.08. The Morgan fingerprint density at radius 2 is 1.58 bits per heavy atom. The molecule has 0 amide bonds. The molecule has 0 spiro atoms. The van der Waals surface area contributed by atoms with E-state index >= 15 is 0 Å². The third-order valence-electron chi connectivity index (χ3n) is 3.37. The van der Waals surface area contributed by atoms with Crippen molar-refractivity contribution >= 4 is 5.69 Å². The minimum Gasteiger partial charge on any atom is -0.384 e. The van der Waals surface area contributed by atoms with Gasteiger partial charge >= 0.3 is 6.18 Å². The fourth-order valence-corrected chi connectivity index (χ4v) is 2.32. The van der Waals surface area contributed by atoms with E-state index in [2.05, 4.69) is 5.32 Å². The topological polar surface area (TPSA) is 12.0 Å². The summed E-state index contributed by atoms with van der Waals surface area (Å²) >= 11 is 0. The molecule has 3 rings (SSSR count). The molecule has 0 aliphatic carbocycles. The van der Waals surface area contributed by atoms with E-state index in [0.29, 0.717) is 0 Å². The Balaban J connectivity index is 1.94. The Kier molecular flexibility index (Phi) is 2.73. The highest BCUT2D eigenvalue weighted by Gasteiger charge is 2.29. The molecule has 0 saturated carbocycles. The van der Waals surface area contributed by atoms with E-state index in [4.69, 9.17) is 0 Å². The number of hydrogen-bond acceptors (Lipinski definition) is 1. The third-order valence-corrected chi connectivity index (χ3v) is 3.37. The lowest BCUT2D eigenvalue weighted by molar-refractivity contribution is -0.137. The maximum absolute atomic E-state index is 12.5. The lowest BCUT2D eigenvalue weighted by Gasteiger charge is -2.09. The predicted octanol–water partition coefficient (Wildman–Crippen LogP) is 4.34. The first kappa shape index (κ1) is 12.1. The van der Waals surface area contributed by atoms with Crippen molar-refractivity contribution in [3.05, 3.63) is 53.6 Å². The summed E-state index contributed by atoms with van der Waals surface area (Å²) in [5.41, 5.74) is 3.45. The summed E-state index contributed by atoms with van der Waals surface area (Å²) in [4.78, 5) is 0. The number of fused-ring (bicyclic) bond motifs is 1. The zero-order chi connectivity index (χ0) is 13.5. The van der Waals surface area contributed by atoms with Crippen molar-refractivity contribution < 1.29 is 13.2 Å². The first-order valence-corrected chi connectivity index (χ1v) is 6.08. The van der Waals surface area contributed by atoms with Crippen molar-refractivity contribution in [3.8, 4) is 11.1 Å². The highest BCUT2D eigenvalue weighted by atomic mass is 19.4. The summed E-state index contributed by atoms with van der Waals surface area (Å²) in [7, 11) is 0. The molecule has 2 aromatic carbocycles. The smallest absolute Gasteiger partial charge is 0.384 e. The fraction of sp³-hybridized carbons (Fsp3) is 0.200. The van der Waals surface area contributed by atoms with Crippen molar-refractivity contribution in [2.24, 2.45) is 0 Å². The van der Waals surface area contributed by atoms with E-state index in [1.165, 1.54) is 17.7 Å². The molecule has 2 aromatic rings. The van der Waals surface area contributed by atoms with Crippen LogP contribution in [0.4, 0.5) is 18.9 Å². The minimum absolute atomic E-state index is 0.615. The molecule has 1 aliphatic rings. The molecule has 1 heterocycles. The summed E-state index contributed by atoms with van der Waals surface area (Å²) < 4.78 is 37.5. The van der Waals surface area contributed by atoms with Crippen molar-refractivity contribution in [2.45, 2.75) is 12.6 Å². The molecule has 1 aliphatic heterocycles. The number of rotatable bonds is 1. The number of benzene rings is 2. The second kappa shape index (κ2) is 4.30. The van der Waals surface area contributed by atoms with E-state index in [9.17, 15) is 13.2 Å². The van der Waals surface area contributed by atoms with Crippen LogP contribution in [0.25, 0.3) is 11.1 Å². The van der Waals surface area contributed by atoms with Crippen LogP contribution in [0.2, 0.25) is 0 Å². The Hall–Kier alpha value is -1.97. The number of alkyl halides is 3. The first-order chi connectivity index (χ1) is 9.04. The SMILES string of the molecule is FC(F)(F)c1ccc(-c2ccc3c(c2)NCC3)cc1. The van der Waals surface area contributed by atoms with Gasteiger partial charge in [0.05, 0.1) is 5.56 Å². The Morgan fingerprint density at radius 1 is 0.895 bits per heavy atom. The molecule has 0 bridgehead atoms. The van der Waals surface area contributed by atoms with Gasteiger partial charge in [-0.05, 0) is 41.3 Å². The van der Waals surface area contributed by atoms with E-state index in [1.807, 2.05) is 18.2 Å². The molecule has 0 atom stereocenters. The molecule has 98 valence electrons. The van der Waals surface area contributed by atoms with Crippen LogP contribution in [0.1, 0.15) is 11.1 Å². The highest BCUT2D eigenvalue weighted by Crippen LogP contribution is 2.32. The van der Waals surface area contributed by atoms with Gasteiger partial charge in [0.2, 0.25) is 0 Å². The van der Waals surface area contributed by atoms with Gasteiger partial charge in [-0.2, -0.15) is 13.2 Å². The van der Waals surface area contributed by atoms with Crippen LogP contribution in [0.3, 0.4) is 0 Å². The van der Waals surface area contributed by atoms with Crippen molar-refractivity contribution in [3.63, 3.8) is 0 Å². The molecule has 0 saturated heterocycles. The maximum atomic E-state index is 12.5. The number of nitrogens with one attached hydrogen (secondary N) is 1. The molecule has 0 radical (unpaired) electrons. The number of hydrogen-bond donors (Lipinski definition) is 1. The summed E-state index contributed by atoms with van der Waals surface area (Å²) in [6, 6.07) is 11.2. The predicted molar refractivity (Wildman–Crippen MR) is 69.1 cm³/mol. The normalized spacial score (nSPS) is 14.1. The molecule has 19 heavy (non-hydrogen) atoms. The zero-order valence-corrected chi connectivity index (χ0v) is 10.1. The largest absolute Gasteiger partial charge is 0.416 e.